The second-order valence-corrected chi connectivity index (χ2v) is 4.44. The van der Waals surface area contributed by atoms with Gasteiger partial charge in [-0.1, -0.05) is 30.3 Å². The minimum Gasteiger partial charge on any atom is -0.362 e. The highest BCUT2D eigenvalue weighted by Crippen LogP contribution is 2.41. The van der Waals surface area contributed by atoms with Crippen molar-refractivity contribution in [2.45, 2.75) is 24.7 Å². The van der Waals surface area contributed by atoms with E-state index in [4.69, 9.17) is 5.26 Å². The number of benzene rings is 1. The molecule has 0 bridgehead atoms. The highest BCUT2D eigenvalue weighted by atomic mass is 19.4. The summed E-state index contributed by atoms with van der Waals surface area (Å²) in [5, 5.41) is 21.8. The molecule has 110 valence electrons. The topological polar surface area (TPSA) is 76.7 Å². The lowest BCUT2D eigenvalue weighted by Crippen LogP contribution is -2.56. The van der Waals surface area contributed by atoms with E-state index in [1.807, 2.05) is 0 Å². The van der Waals surface area contributed by atoms with Crippen molar-refractivity contribution >= 4 is 11.6 Å². The Bertz CT molecular complexity index is 622. The van der Waals surface area contributed by atoms with E-state index in [1.54, 1.807) is 18.2 Å². The molecular formula is C13H10F3N3O2. The minimum absolute atomic E-state index is 0.0431. The minimum atomic E-state index is -5.09. The Balaban J connectivity index is 2.43. The van der Waals surface area contributed by atoms with Crippen LogP contribution in [0.25, 0.3) is 0 Å². The average Bonchev–Trinajstić information content (AvgIpc) is 2.79. The zero-order chi connectivity index (χ0) is 15.7. The van der Waals surface area contributed by atoms with E-state index in [0.29, 0.717) is 5.56 Å². The molecule has 0 spiro atoms. The highest BCUT2D eigenvalue weighted by molar-refractivity contribution is 6.03. The molecule has 1 heterocycles. The molecule has 1 amide bonds. The molecule has 2 rings (SSSR count). The fourth-order valence-electron chi connectivity index (χ4n) is 1.96. The molecule has 0 aliphatic carbocycles. The molecule has 1 aromatic rings. The van der Waals surface area contributed by atoms with Gasteiger partial charge < -0.3 is 5.11 Å². The van der Waals surface area contributed by atoms with E-state index in [0.717, 1.165) is 0 Å². The number of hydrogen-bond acceptors (Lipinski definition) is 4. The fraction of sp³-hybridized carbons (Fsp3) is 0.308. The highest BCUT2D eigenvalue weighted by Gasteiger charge is 2.63. The molecule has 0 fully saturated rings. The van der Waals surface area contributed by atoms with E-state index in [2.05, 4.69) is 5.10 Å². The maximum atomic E-state index is 13.1. The molecular weight excluding hydrogens is 287 g/mol. The van der Waals surface area contributed by atoms with Gasteiger partial charge in [0.25, 0.3) is 11.6 Å². The van der Waals surface area contributed by atoms with Crippen molar-refractivity contribution in [2.24, 2.45) is 5.10 Å². The van der Waals surface area contributed by atoms with Gasteiger partial charge in [-0.3, -0.25) is 4.79 Å². The first-order chi connectivity index (χ1) is 9.79. The number of alkyl halides is 3. The number of amides is 1. The summed E-state index contributed by atoms with van der Waals surface area (Å²) < 4.78 is 39.3. The first kappa shape index (κ1) is 15.0. The van der Waals surface area contributed by atoms with Crippen molar-refractivity contribution in [2.75, 3.05) is 0 Å². The van der Waals surface area contributed by atoms with Gasteiger partial charge in [0.1, 0.15) is 6.42 Å². The molecule has 0 saturated carbocycles. The predicted octanol–water partition coefficient (Wildman–Crippen LogP) is 1.79. The molecule has 0 aromatic heterocycles. The lowest BCUT2D eigenvalue weighted by atomic mass is 10.0. The fourth-order valence-corrected chi connectivity index (χ4v) is 1.96. The maximum Gasteiger partial charge on any atom is 0.438 e. The van der Waals surface area contributed by atoms with Gasteiger partial charge in [-0.05, 0) is 5.56 Å². The SMILES string of the molecule is N#CCC(=O)N1N=C(c2ccccc2)C[C@]1(O)C(F)(F)F. The van der Waals surface area contributed by atoms with Crippen LogP contribution in [0.5, 0.6) is 0 Å². The van der Waals surface area contributed by atoms with Crippen LogP contribution < -0.4 is 0 Å². The quantitative estimate of drug-likeness (QED) is 0.904. The van der Waals surface area contributed by atoms with Gasteiger partial charge >= 0.3 is 6.18 Å². The van der Waals surface area contributed by atoms with Crippen LogP contribution in [0.3, 0.4) is 0 Å². The van der Waals surface area contributed by atoms with E-state index in [-0.39, 0.29) is 10.7 Å². The Labute approximate surface area is 117 Å². The molecule has 0 unspecified atom stereocenters. The van der Waals surface area contributed by atoms with Crippen LogP contribution in [0.4, 0.5) is 13.2 Å². The van der Waals surface area contributed by atoms with Crippen molar-refractivity contribution < 1.29 is 23.1 Å². The monoisotopic (exact) mass is 297 g/mol. The third kappa shape index (κ3) is 2.60. The lowest BCUT2D eigenvalue weighted by Gasteiger charge is -2.32. The number of nitriles is 1. The number of carbonyl (C=O) groups excluding carboxylic acids is 1. The summed E-state index contributed by atoms with van der Waals surface area (Å²) in [6.07, 6.45) is -6.76. The molecule has 1 aromatic carbocycles. The van der Waals surface area contributed by atoms with Crippen LogP contribution in [-0.4, -0.2) is 33.6 Å². The van der Waals surface area contributed by atoms with Crippen molar-refractivity contribution in [3.63, 3.8) is 0 Å². The van der Waals surface area contributed by atoms with Crippen LogP contribution in [0.1, 0.15) is 18.4 Å². The molecule has 1 aliphatic rings. The Morgan fingerprint density at radius 3 is 2.57 bits per heavy atom. The Kier molecular flexibility index (Phi) is 3.70. The number of hydrogen-bond donors (Lipinski definition) is 1. The van der Waals surface area contributed by atoms with E-state index >= 15 is 0 Å². The van der Waals surface area contributed by atoms with Crippen LogP contribution in [0.15, 0.2) is 35.4 Å². The number of aliphatic hydroxyl groups is 1. The standard InChI is InChI=1S/C13H10F3N3O2/c14-13(15,16)12(21)8-10(9-4-2-1-3-5-9)18-19(12)11(20)6-7-17/h1-5,21H,6,8H2/t12-/m0/s1. The largest absolute Gasteiger partial charge is 0.438 e. The summed E-state index contributed by atoms with van der Waals surface area (Å²) in [5.41, 5.74) is -3.12. The van der Waals surface area contributed by atoms with Crippen LogP contribution in [0.2, 0.25) is 0 Å². The summed E-state index contributed by atoms with van der Waals surface area (Å²) in [6, 6.07) is 9.37. The Morgan fingerprint density at radius 2 is 2.05 bits per heavy atom. The summed E-state index contributed by atoms with van der Waals surface area (Å²) in [7, 11) is 0. The van der Waals surface area contributed by atoms with Gasteiger partial charge in [0.05, 0.1) is 18.2 Å². The Morgan fingerprint density at radius 1 is 1.43 bits per heavy atom. The number of rotatable bonds is 2. The van der Waals surface area contributed by atoms with Gasteiger partial charge in [-0.25, -0.2) is 0 Å². The molecule has 0 saturated heterocycles. The van der Waals surface area contributed by atoms with E-state index < -0.39 is 30.7 Å². The lowest BCUT2D eigenvalue weighted by molar-refractivity contribution is -0.302. The molecule has 1 atom stereocenters. The number of hydrazone groups is 1. The second kappa shape index (κ2) is 5.18. The van der Waals surface area contributed by atoms with E-state index in [1.165, 1.54) is 18.2 Å². The smallest absolute Gasteiger partial charge is 0.362 e. The summed E-state index contributed by atoms with van der Waals surface area (Å²) in [4.78, 5) is 11.6. The second-order valence-electron chi connectivity index (χ2n) is 4.44. The third-order valence-corrected chi connectivity index (χ3v) is 3.01. The number of halogens is 3. The van der Waals surface area contributed by atoms with Gasteiger partial charge in [0.2, 0.25) is 0 Å². The molecule has 21 heavy (non-hydrogen) atoms. The zero-order valence-corrected chi connectivity index (χ0v) is 10.6. The summed E-state index contributed by atoms with van der Waals surface area (Å²) >= 11 is 0. The molecule has 0 radical (unpaired) electrons. The van der Waals surface area contributed by atoms with Crippen LogP contribution >= 0.6 is 0 Å². The molecule has 1 N–H and O–H groups in total. The van der Waals surface area contributed by atoms with Crippen LogP contribution in [-0.2, 0) is 4.79 Å². The van der Waals surface area contributed by atoms with Gasteiger partial charge in [-0.15, -0.1) is 0 Å². The van der Waals surface area contributed by atoms with Gasteiger partial charge in [0, 0.05) is 0 Å². The molecule has 5 nitrogen and oxygen atoms in total. The van der Waals surface area contributed by atoms with Crippen molar-refractivity contribution in [1.82, 2.24) is 5.01 Å². The molecule has 1 aliphatic heterocycles. The van der Waals surface area contributed by atoms with E-state index in [9.17, 15) is 23.1 Å². The summed E-state index contributed by atoms with van der Waals surface area (Å²) in [6.45, 7) is 0. The normalized spacial score (nSPS) is 21.9. The third-order valence-electron chi connectivity index (χ3n) is 3.01. The summed E-state index contributed by atoms with van der Waals surface area (Å²) in [5.74, 6) is -1.21. The zero-order valence-electron chi connectivity index (χ0n) is 10.6. The Hall–Kier alpha value is -2.40. The first-order valence-electron chi connectivity index (χ1n) is 5.91. The number of nitrogens with zero attached hydrogens (tertiary/aromatic N) is 3. The maximum absolute atomic E-state index is 13.1. The average molecular weight is 297 g/mol. The number of carbonyl (C=O) groups is 1. The predicted molar refractivity (Wildman–Crippen MR) is 65.7 cm³/mol. The first-order valence-corrected chi connectivity index (χ1v) is 5.91. The van der Waals surface area contributed by atoms with Crippen LogP contribution in [0, 0.1) is 11.3 Å². The van der Waals surface area contributed by atoms with Gasteiger partial charge in [0.15, 0.2) is 0 Å². The van der Waals surface area contributed by atoms with Gasteiger partial charge in [-0.2, -0.15) is 28.5 Å². The van der Waals surface area contributed by atoms with Crippen molar-refractivity contribution in [3.8, 4) is 6.07 Å². The van der Waals surface area contributed by atoms with Crippen molar-refractivity contribution in [1.29, 1.82) is 5.26 Å². The molecule has 8 heteroatoms. The van der Waals surface area contributed by atoms with Crippen molar-refractivity contribution in [3.05, 3.63) is 35.9 Å².